The lowest BCUT2D eigenvalue weighted by atomic mass is 10.2. The Hall–Kier alpha value is -4.12. The largest absolute Gasteiger partial charge is 0.497 e. The Balaban J connectivity index is 1.51. The zero-order valence-corrected chi connectivity index (χ0v) is 15.8. The summed E-state index contributed by atoms with van der Waals surface area (Å²) in [5.41, 5.74) is 1.45. The van der Waals surface area contributed by atoms with Crippen LogP contribution in [0.25, 0.3) is 0 Å². The molecule has 1 heterocycles. The molecule has 0 fully saturated rings. The molecule has 0 saturated carbocycles. The van der Waals surface area contributed by atoms with Gasteiger partial charge in [0, 0.05) is 11.8 Å². The first-order valence-electron chi connectivity index (χ1n) is 8.82. The van der Waals surface area contributed by atoms with Crippen molar-refractivity contribution in [1.29, 1.82) is 5.26 Å². The molecule has 0 aliphatic carbocycles. The molecule has 8 nitrogen and oxygen atoms in total. The van der Waals surface area contributed by atoms with E-state index < -0.39 is 0 Å². The van der Waals surface area contributed by atoms with Crippen LogP contribution < -0.4 is 20.1 Å². The average molecular weight is 389 g/mol. The highest BCUT2D eigenvalue weighted by molar-refractivity contribution is 5.92. The fourth-order valence-corrected chi connectivity index (χ4v) is 2.46. The molecule has 0 spiro atoms. The molecule has 0 aliphatic heterocycles. The van der Waals surface area contributed by atoms with Crippen molar-refractivity contribution in [2.45, 2.75) is 0 Å². The second kappa shape index (κ2) is 9.71. The van der Waals surface area contributed by atoms with E-state index in [0.29, 0.717) is 36.0 Å². The number of ether oxygens (including phenoxy) is 2. The van der Waals surface area contributed by atoms with Crippen molar-refractivity contribution in [2.24, 2.45) is 0 Å². The number of carbonyl (C=O) groups excluding carboxylic acids is 1. The van der Waals surface area contributed by atoms with Gasteiger partial charge >= 0.3 is 0 Å². The maximum atomic E-state index is 12.3. The normalized spacial score (nSPS) is 9.93. The van der Waals surface area contributed by atoms with Crippen molar-refractivity contribution in [2.75, 3.05) is 25.6 Å². The van der Waals surface area contributed by atoms with E-state index >= 15 is 0 Å². The molecule has 3 rings (SSSR count). The summed E-state index contributed by atoms with van der Waals surface area (Å²) >= 11 is 0. The number of rotatable bonds is 8. The standard InChI is InChI=1S/C21H19N5O3/c1-28-17-5-7-18(8-6-17)29-10-9-23-21(27)19-12-20(25-14-24-19)26-16-4-2-3-15(11-16)13-22/h2-8,11-12,14H,9-10H2,1H3,(H,23,27)(H,24,25,26). The molecular weight excluding hydrogens is 370 g/mol. The fourth-order valence-electron chi connectivity index (χ4n) is 2.46. The number of anilines is 2. The molecule has 2 aromatic carbocycles. The van der Waals surface area contributed by atoms with Gasteiger partial charge in [-0.1, -0.05) is 6.07 Å². The topological polar surface area (TPSA) is 109 Å². The number of nitriles is 1. The molecule has 0 atom stereocenters. The third-order valence-corrected chi connectivity index (χ3v) is 3.88. The smallest absolute Gasteiger partial charge is 0.270 e. The predicted molar refractivity (Wildman–Crippen MR) is 107 cm³/mol. The van der Waals surface area contributed by atoms with Crippen molar-refractivity contribution >= 4 is 17.4 Å². The Morgan fingerprint density at radius 1 is 1.10 bits per heavy atom. The Bertz CT molecular complexity index is 1020. The Labute approximate surface area is 168 Å². The Morgan fingerprint density at radius 3 is 2.66 bits per heavy atom. The number of hydrogen-bond donors (Lipinski definition) is 2. The van der Waals surface area contributed by atoms with Gasteiger partial charge in [-0.3, -0.25) is 4.79 Å². The summed E-state index contributed by atoms with van der Waals surface area (Å²) in [6.07, 6.45) is 1.30. The van der Waals surface area contributed by atoms with Crippen LogP contribution in [0.2, 0.25) is 0 Å². The zero-order chi connectivity index (χ0) is 20.5. The number of methoxy groups -OCH3 is 1. The highest BCUT2D eigenvalue weighted by Gasteiger charge is 2.09. The van der Waals surface area contributed by atoms with Gasteiger partial charge in [0.2, 0.25) is 0 Å². The van der Waals surface area contributed by atoms with Gasteiger partial charge in [-0.2, -0.15) is 5.26 Å². The monoisotopic (exact) mass is 389 g/mol. The van der Waals surface area contributed by atoms with Crippen LogP contribution in [0.1, 0.15) is 16.1 Å². The number of nitrogens with one attached hydrogen (secondary N) is 2. The maximum absolute atomic E-state index is 12.3. The number of nitrogens with zero attached hydrogens (tertiary/aromatic N) is 3. The molecule has 29 heavy (non-hydrogen) atoms. The second-order valence-electron chi connectivity index (χ2n) is 5.89. The molecule has 0 bridgehead atoms. The lowest BCUT2D eigenvalue weighted by Gasteiger charge is -2.09. The van der Waals surface area contributed by atoms with Crippen molar-refractivity contribution in [3.8, 4) is 17.6 Å². The van der Waals surface area contributed by atoms with Crippen LogP contribution in [0.5, 0.6) is 11.5 Å². The van der Waals surface area contributed by atoms with Crippen molar-refractivity contribution in [3.05, 3.63) is 72.2 Å². The molecule has 0 unspecified atom stereocenters. The minimum absolute atomic E-state index is 0.225. The minimum Gasteiger partial charge on any atom is -0.497 e. The van der Waals surface area contributed by atoms with E-state index in [4.69, 9.17) is 14.7 Å². The van der Waals surface area contributed by atoms with Crippen LogP contribution in [0.4, 0.5) is 11.5 Å². The zero-order valence-electron chi connectivity index (χ0n) is 15.8. The second-order valence-corrected chi connectivity index (χ2v) is 5.89. The van der Waals surface area contributed by atoms with Crippen LogP contribution in [0, 0.1) is 11.3 Å². The number of benzene rings is 2. The number of aromatic nitrogens is 2. The maximum Gasteiger partial charge on any atom is 0.270 e. The molecule has 2 N–H and O–H groups in total. The summed E-state index contributed by atoms with van der Waals surface area (Å²) in [5, 5.41) is 14.8. The van der Waals surface area contributed by atoms with Gasteiger partial charge in [0.05, 0.1) is 25.3 Å². The lowest BCUT2D eigenvalue weighted by molar-refractivity contribution is 0.0942. The van der Waals surface area contributed by atoms with Gasteiger partial charge in [0.15, 0.2) is 0 Å². The van der Waals surface area contributed by atoms with Gasteiger partial charge in [0.1, 0.15) is 35.9 Å². The van der Waals surface area contributed by atoms with Gasteiger partial charge in [-0.15, -0.1) is 0 Å². The first-order chi connectivity index (χ1) is 14.2. The molecule has 3 aromatic rings. The SMILES string of the molecule is COc1ccc(OCCNC(=O)c2cc(Nc3cccc(C#N)c3)ncn2)cc1. The fraction of sp³-hybridized carbons (Fsp3) is 0.143. The average Bonchev–Trinajstić information content (AvgIpc) is 2.77. The summed E-state index contributed by atoms with van der Waals surface area (Å²) in [4.78, 5) is 20.4. The van der Waals surface area contributed by atoms with Gasteiger partial charge in [-0.05, 0) is 42.5 Å². The van der Waals surface area contributed by atoms with Gasteiger partial charge < -0.3 is 20.1 Å². The van der Waals surface area contributed by atoms with E-state index in [0.717, 1.165) is 5.75 Å². The molecular formula is C21H19N5O3. The summed E-state index contributed by atoms with van der Waals surface area (Å²) in [5.74, 6) is 1.56. The van der Waals surface area contributed by atoms with E-state index in [1.54, 1.807) is 61.7 Å². The van der Waals surface area contributed by atoms with Crippen LogP contribution in [-0.4, -0.2) is 36.1 Å². The van der Waals surface area contributed by atoms with Crippen LogP contribution >= 0.6 is 0 Å². The van der Waals surface area contributed by atoms with E-state index in [9.17, 15) is 4.79 Å². The lowest BCUT2D eigenvalue weighted by Crippen LogP contribution is -2.28. The molecule has 0 radical (unpaired) electrons. The van der Waals surface area contributed by atoms with Crippen LogP contribution in [0.3, 0.4) is 0 Å². The summed E-state index contributed by atoms with van der Waals surface area (Å²) < 4.78 is 10.7. The Kier molecular flexibility index (Phi) is 6.58. The summed E-state index contributed by atoms with van der Waals surface area (Å²) in [6, 6.07) is 17.8. The van der Waals surface area contributed by atoms with Crippen LogP contribution in [0.15, 0.2) is 60.9 Å². The van der Waals surface area contributed by atoms with Crippen molar-refractivity contribution < 1.29 is 14.3 Å². The highest BCUT2D eigenvalue weighted by atomic mass is 16.5. The van der Waals surface area contributed by atoms with E-state index in [-0.39, 0.29) is 11.6 Å². The molecule has 0 aliphatic rings. The summed E-state index contributed by atoms with van der Waals surface area (Å²) in [6.45, 7) is 0.636. The number of amides is 1. The van der Waals surface area contributed by atoms with Crippen molar-refractivity contribution in [1.82, 2.24) is 15.3 Å². The third-order valence-electron chi connectivity index (χ3n) is 3.88. The van der Waals surface area contributed by atoms with Gasteiger partial charge in [0.25, 0.3) is 5.91 Å². The third kappa shape index (κ3) is 5.68. The highest BCUT2D eigenvalue weighted by Crippen LogP contribution is 2.17. The number of carbonyl (C=O) groups is 1. The van der Waals surface area contributed by atoms with Crippen LogP contribution in [-0.2, 0) is 0 Å². The van der Waals surface area contributed by atoms with E-state index in [1.165, 1.54) is 6.33 Å². The molecule has 146 valence electrons. The van der Waals surface area contributed by atoms with E-state index in [1.807, 2.05) is 0 Å². The molecule has 1 amide bonds. The predicted octanol–water partition coefficient (Wildman–Crippen LogP) is 2.91. The van der Waals surface area contributed by atoms with Gasteiger partial charge in [-0.25, -0.2) is 9.97 Å². The van der Waals surface area contributed by atoms with E-state index in [2.05, 4.69) is 26.7 Å². The first kappa shape index (κ1) is 19.6. The molecule has 1 aromatic heterocycles. The number of hydrogen-bond acceptors (Lipinski definition) is 7. The first-order valence-corrected chi connectivity index (χ1v) is 8.82. The minimum atomic E-state index is -0.334. The molecule has 0 saturated heterocycles. The quantitative estimate of drug-likeness (QED) is 0.570. The molecule has 8 heteroatoms. The summed E-state index contributed by atoms with van der Waals surface area (Å²) in [7, 11) is 1.60. The van der Waals surface area contributed by atoms with Crippen molar-refractivity contribution in [3.63, 3.8) is 0 Å². The Morgan fingerprint density at radius 2 is 1.90 bits per heavy atom.